The average Bonchev–Trinajstić information content (AvgIpc) is 2.02. The Kier molecular flexibility index (Phi) is 3.07. The van der Waals surface area contributed by atoms with E-state index in [2.05, 4.69) is 32.9 Å². The minimum absolute atomic E-state index is 1.27. The van der Waals surface area contributed by atoms with E-state index in [1.165, 1.54) is 22.3 Å². The van der Waals surface area contributed by atoms with Gasteiger partial charge in [-0.2, -0.15) is 0 Å². The van der Waals surface area contributed by atoms with Crippen molar-refractivity contribution >= 4 is 6.08 Å². The Morgan fingerprint density at radius 2 is 1.62 bits per heavy atom. The normalized spacial score (nSPS) is 10.7. The van der Waals surface area contributed by atoms with Crippen molar-refractivity contribution in [1.82, 2.24) is 0 Å². The van der Waals surface area contributed by atoms with E-state index in [1.54, 1.807) is 6.08 Å². The summed E-state index contributed by atoms with van der Waals surface area (Å²) in [6.07, 6.45) is 5.47. The van der Waals surface area contributed by atoms with Crippen LogP contribution in [0.25, 0.3) is 6.08 Å². The molecule has 0 spiro atoms. The number of benzene rings is 1. The van der Waals surface area contributed by atoms with Gasteiger partial charge in [-0.25, -0.2) is 0 Å². The van der Waals surface area contributed by atoms with Gasteiger partial charge < -0.3 is 0 Å². The first-order valence-electron chi connectivity index (χ1n) is 4.44. The molecule has 0 aliphatic heterocycles. The Hall–Kier alpha value is -1.30. The van der Waals surface area contributed by atoms with Crippen molar-refractivity contribution in [3.05, 3.63) is 53.1 Å². The quantitative estimate of drug-likeness (QED) is 0.596. The highest BCUT2D eigenvalue weighted by molar-refractivity contribution is 5.59. The molecule has 1 radical (unpaired) electrons. The van der Waals surface area contributed by atoms with Crippen LogP contribution in [0.2, 0.25) is 0 Å². The number of allylic oxidation sites excluding steroid dienone is 2. The lowest BCUT2D eigenvalue weighted by molar-refractivity contribution is 1.30. The van der Waals surface area contributed by atoms with Crippen LogP contribution >= 0.6 is 0 Å². The minimum Gasteiger partial charge on any atom is -0.0623 e. The molecule has 0 N–H and O–H groups in total. The second-order valence-corrected chi connectivity index (χ2v) is 3.36. The molecule has 67 valence electrons. The first kappa shape index (κ1) is 9.79. The van der Waals surface area contributed by atoms with Crippen molar-refractivity contribution in [2.24, 2.45) is 0 Å². The molecule has 0 aliphatic rings. The van der Waals surface area contributed by atoms with Crippen molar-refractivity contribution in [3.8, 4) is 0 Å². The summed E-state index contributed by atoms with van der Waals surface area (Å²) in [5.74, 6) is 0. The Morgan fingerprint density at radius 3 is 2.08 bits per heavy atom. The topological polar surface area (TPSA) is 0 Å². The summed E-state index contributed by atoms with van der Waals surface area (Å²) in [6, 6.07) is 4.37. The maximum absolute atomic E-state index is 5.29. The van der Waals surface area contributed by atoms with Crippen LogP contribution in [0, 0.1) is 27.4 Å². The maximum Gasteiger partial charge on any atom is -0.0198 e. The zero-order valence-corrected chi connectivity index (χ0v) is 8.46. The van der Waals surface area contributed by atoms with Crippen molar-refractivity contribution in [3.63, 3.8) is 0 Å². The fourth-order valence-corrected chi connectivity index (χ4v) is 1.61. The fourth-order valence-electron chi connectivity index (χ4n) is 1.61. The average molecular weight is 171 g/mol. The van der Waals surface area contributed by atoms with Gasteiger partial charge in [-0.3, -0.25) is 0 Å². The zero-order valence-electron chi connectivity index (χ0n) is 8.46. The highest BCUT2D eigenvalue weighted by atomic mass is 14.0. The molecule has 0 amide bonds. The van der Waals surface area contributed by atoms with Crippen LogP contribution in [0.15, 0.2) is 24.3 Å². The van der Waals surface area contributed by atoms with Crippen LogP contribution in [-0.4, -0.2) is 0 Å². The van der Waals surface area contributed by atoms with Crippen molar-refractivity contribution < 1.29 is 0 Å². The molecule has 0 aromatic heterocycles. The molecule has 0 aliphatic carbocycles. The Bertz CT molecular complexity index is 320. The molecular weight excluding hydrogens is 156 g/mol. The summed E-state index contributed by atoms with van der Waals surface area (Å²) in [5, 5.41) is 0. The number of hydrogen-bond donors (Lipinski definition) is 0. The number of aryl methyl sites for hydroxylation is 3. The molecule has 1 aromatic carbocycles. The summed E-state index contributed by atoms with van der Waals surface area (Å²) in [6.45, 7) is 11.7. The van der Waals surface area contributed by atoms with E-state index in [4.69, 9.17) is 6.58 Å². The molecule has 13 heavy (non-hydrogen) atoms. The van der Waals surface area contributed by atoms with Gasteiger partial charge in [0.15, 0.2) is 0 Å². The van der Waals surface area contributed by atoms with E-state index < -0.39 is 0 Å². The lowest BCUT2D eigenvalue weighted by Crippen LogP contribution is -1.87. The summed E-state index contributed by atoms with van der Waals surface area (Å²) in [4.78, 5) is 0. The maximum atomic E-state index is 5.29. The SMILES string of the molecule is [CH]=C/C=C/c1c(C)cc(C)cc1C. The Balaban J connectivity index is 3.20. The summed E-state index contributed by atoms with van der Waals surface area (Å²) < 4.78 is 0. The molecule has 0 unspecified atom stereocenters. The summed E-state index contributed by atoms with van der Waals surface area (Å²) >= 11 is 0. The Labute approximate surface area is 80.6 Å². The van der Waals surface area contributed by atoms with Crippen molar-refractivity contribution in [1.29, 1.82) is 0 Å². The smallest absolute Gasteiger partial charge is 0.0198 e. The van der Waals surface area contributed by atoms with Crippen LogP contribution in [0.4, 0.5) is 0 Å². The van der Waals surface area contributed by atoms with Gasteiger partial charge in [-0.15, -0.1) is 0 Å². The second-order valence-electron chi connectivity index (χ2n) is 3.36. The largest absolute Gasteiger partial charge is 0.0623 e. The van der Waals surface area contributed by atoms with E-state index in [1.807, 2.05) is 12.2 Å². The van der Waals surface area contributed by atoms with Crippen LogP contribution in [0.5, 0.6) is 0 Å². The third-order valence-electron chi connectivity index (χ3n) is 2.11. The molecule has 0 nitrogen and oxygen atoms in total. The molecule has 0 fully saturated rings. The monoisotopic (exact) mass is 171 g/mol. The van der Waals surface area contributed by atoms with Gasteiger partial charge in [0, 0.05) is 0 Å². The van der Waals surface area contributed by atoms with Gasteiger partial charge in [-0.1, -0.05) is 42.5 Å². The van der Waals surface area contributed by atoms with E-state index in [0.29, 0.717) is 0 Å². The van der Waals surface area contributed by atoms with Crippen molar-refractivity contribution in [2.75, 3.05) is 0 Å². The molecule has 0 heteroatoms. The third-order valence-corrected chi connectivity index (χ3v) is 2.11. The molecule has 1 rings (SSSR count). The van der Waals surface area contributed by atoms with Crippen molar-refractivity contribution in [2.45, 2.75) is 20.8 Å². The fraction of sp³-hybridized carbons (Fsp3) is 0.231. The highest BCUT2D eigenvalue weighted by Crippen LogP contribution is 2.17. The second kappa shape index (κ2) is 4.08. The minimum atomic E-state index is 1.27. The lowest BCUT2D eigenvalue weighted by Gasteiger charge is -2.06. The summed E-state index contributed by atoms with van der Waals surface area (Å²) in [7, 11) is 0. The molecular formula is C13H15. The number of rotatable bonds is 2. The van der Waals surface area contributed by atoms with Crippen LogP contribution in [-0.2, 0) is 0 Å². The van der Waals surface area contributed by atoms with Gasteiger partial charge in [0.2, 0.25) is 0 Å². The molecule has 0 saturated heterocycles. The molecule has 0 saturated carbocycles. The van der Waals surface area contributed by atoms with E-state index >= 15 is 0 Å². The molecule has 0 atom stereocenters. The first-order valence-corrected chi connectivity index (χ1v) is 4.44. The summed E-state index contributed by atoms with van der Waals surface area (Å²) in [5.41, 5.74) is 5.18. The predicted molar refractivity (Wildman–Crippen MR) is 58.6 cm³/mol. The third kappa shape index (κ3) is 2.32. The van der Waals surface area contributed by atoms with Gasteiger partial charge in [0.05, 0.1) is 0 Å². The Morgan fingerprint density at radius 1 is 1.08 bits per heavy atom. The molecule has 0 bridgehead atoms. The first-order chi connectivity index (χ1) is 6.15. The zero-order chi connectivity index (χ0) is 9.84. The molecule has 0 heterocycles. The van der Waals surface area contributed by atoms with E-state index in [0.717, 1.165) is 0 Å². The number of hydrogen-bond acceptors (Lipinski definition) is 0. The van der Waals surface area contributed by atoms with Crippen LogP contribution in [0.3, 0.4) is 0 Å². The van der Waals surface area contributed by atoms with Crippen LogP contribution in [0.1, 0.15) is 22.3 Å². The van der Waals surface area contributed by atoms with Gasteiger partial charge in [-0.05, 0) is 37.5 Å². The van der Waals surface area contributed by atoms with Crippen LogP contribution < -0.4 is 0 Å². The molecule has 1 aromatic rings. The lowest BCUT2D eigenvalue weighted by atomic mass is 9.99. The van der Waals surface area contributed by atoms with E-state index in [9.17, 15) is 0 Å². The predicted octanol–water partition coefficient (Wildman–Crippen LogP) is 3.61. The highest BCUT2D eigenvalue weighted by Gasteiger charge is 1.98. The van der Waals surface area contributed by atoms with Gasteiger partial charge in [0.25, 0.3) is 0 Å². The standard InChI is InChI=1S/C13H15/c1-5-6-7-13-11(3)8-10(2)9-12(13)4/h1,5-9H,2-4H3/b5-1?,7-6+. The van der Waals surface area contributed by atoms with Gasteiger partial charge in [0.1, 0.15) is 0 Å². The van der Waals surface area contributed by atoms with Gasteiger partial charge >= 0.3 is 0 Å². The van der Waals surface area contributed by atoms with E-state index in [-0.39, 0.29) is 0 Å².